The van der Waals surface area contributed by atoms with Gasteiger partial charge in [-0.2, -0.15) is 0 Å². The number of amides is 1. The Kier molecular flexibility index (Phi) is 6.54. The van der Waals surface area contributed by atoms with E-state index < -0.39 is 16.1 Å². The van der Waals surface area contributed by atoms with Crippen LogP contribution in [0.25, 0.3) is 0 Å². The molecule has 5 nitrogen and oxygen atoms in total. The Hall–Kier alpha value is -2.05. The van der Waals surface area contributed by atoms with Gasteiger partial charge in [0.25, 0.3) is 0 Å². The van der Waals surface area contributed by atoms with E-state index >= 15 is 0 Å². The highest BCUT2D eigenvalue weighted by Gasteiger charge is 2.32. The van der Waals surface area contributed by atoms with Gasteiger partial charge in [0.2, 0.25) is 15.9 Å². The van der Waals surface area contributed by atoms with Crippen molar-refractivity contribution in [1.29, 1.82) is 0 Å². The van der Waals surface area contributed by atoms with Crippen LogP contribution in [0.15, 0.2) is 36.4 Å². The van der Waals surface area contributed by atoms with Crippen LogP contribution in [0.3, 0.4) is 0 Å². The van der Waals surface area contributed by atoms with E-state index in [2.05, 4.69) is 5.32 Å². The molecule has 1 N–H and O–H groups in total. The molecule has 0 aliphatic heterocycles. The molecule has 146 valence electrons. The van der Waals surface area contributed by atoms with Crippen molar-refractivity contribution in [1.82, 2.24) is 0 Å². The molecule has 7 heteroatoms. The van der Waals surface area contributed by atoms with Crippen molar-refractivity contribution >= 4 is 38.9 Å². The molecule has 1 amide bonds. The van der Waals surface area contributed by atoms with Gasteiger partial charge in [-0.1, -0.05) is 36.7 Å². The molecule has 1 unspecified atom stereocenters. The van der Waals surface area contributed by atoms with E-state index in [0.717, 1.165) is 27.3 Å². The first-order chi connectivity index (χ1) is 12.5. The zero-order valence-electron chi connectivity index (χ0n) is 16.2. The normalized spacial score (nSPS) is 12.5. The van der Waals surface area contributed by atoms with Gasteiger partial charge in [-0.3, -0.25) is 9.10 Å². The highest BCUT2D eigenvalue weighted by atomic mass is 35.5. The van der Waals surface area contributed by atoms with E-state index in [1.807, 2.05) is 39.0 Å². The number of sulfonamides is 1. The van der Waals surface area contributed by atoms with Crippen molar-refractivity contribution in [2.75, 3.05) is 15.9 Å². The molecule has 0 bridgehead atoms. The van der Waals surface area contributed by atoms with Crippen LogP contribution >= 0.6 is 11.6 Å². The lowest BCUT2D eigenvalue weighted by Gasteiger charge is -2.30. The van der Waals surface area contributed by atoms with Gasteiger partial charge in [0.15, 0.2) is 0 Å². The zero-order valence-corrected chi connectivity index (χ0v) is 17.8. The third kappa shape index (κ3) is 5.02. The van der Waals surface area contributed by atoms with Gasteiger partial charge in [-0.25, -0.2) is 8.42 Å². The number of hydrogen-bond donors (Lipinski definition) is 1. The quantitative estimate of drug-likeness (QED) is 0.767. The molecular formula is C20H25ClN2O3S. The number of aryl methyl sites for hydroxylation is 3. The number of nitrogens with zero attached hydrogens (tertiary/aromatic N) is 1. The van der Waals surface area contributed by atoms with Crippen LogP contribution < -0.4 is 9.62 Å². The Morgan fingerprint density at radius 1 is 1.11 bits per heavy atom. The van der Waals surface area contributed by atoms with Gasteiger partial charge >= 0.3 is 0 Å². The first-order valence-corrected chi connectivity index (χ1v) is 10.9. The highest BCUT2D eigenvalue weighted by Crippen LogP contribution is 2.28. The van der Waals surface area contributed by atoms with Crippen molar-refractivity contribution in [3.05, 3.63) is 58.1 Å². The number of nitrogens with one attached hydrogen (secondary N) is 1. The predicted molar refractivity (Wildman–Crippen MR) is 112 cm³/mol. The molecule has 0 heterocycles. The van der Waals surface area contributed by atoms with Crippen molar-refractivity contribution < 1.29 is 13.2 Å². The second-order valence-corrected chi connectivity index (χ2v) is 8.99. The van der Waals surface area contributed by atoms with E-state index in [1.165, 1.54) is 0 Å². The summed E-state index contributed by atoms with van der Waals surface area (Å²) in [7, 11) is -3.70. The number of halogens is 1. The smallest absolute Gasteiger partial charge is 0.248 e. The SMILES string of the molecule is CCC(C(=O)Nc1cc(C)ccc1C)N(c1ccc(C)c(Cl)c1)S(C)(=O)=O. The van der Waals surface area contributed by atoms with Gasteiger partial charge < -0.3 is 5.32 Å². The van der Waals surface area contributed by atoms with Crippen LogP contribution in [0.4, 0.5) is 11.4 Å². The number of rotatable bonds is 6. The Morgan fingerprint density at radius 2 is 1.74 bits per heavy atom. The van der Waals surface area contributed by atoms with Gasteiger partial charge in [-0.05, 0) is 62.1 Å². The van der Waals surface area contributed by atoms with E-state index in [9.17, 15) is 13.2 Å². The monoisotopic (exact) mass is 408 g/mol. The van der Waals surface area contributed by atoms with Crippen molar-refractivity contribution in [2.24, 2.45) is 0 Å². The average molecular weight is 409 g/mol. The molecule has 2 aromatic carbocycles. The molecule has 27 heavy (non-hydrogen) atoms. The molecule has 0 aliphatic rings. The summed E-state index contributed by atoms with van der Waals surface area (Å²) >= 11 is 6.18. The number of carbonyl (C=O) groups is 1. The Balaban J connectivity index is 2.44. The maximum Gasteiger partial charge on any atom is 0.248 e. The summed E-state index contributed by atoms with van der Waals surface area (Å²) in [6.07, 6.45) is 1.41. The number of anilines is 2. The van der Waals surface area contributed by atoms with Gasteiger partial charge in [0.05, 0.1) is 11.9 Å². The summed E-state index contributed by atoms with van der Waals surface area (Å²) in [6.45, 7) is 7.44. The van der Waals surface area contributed by atoms with Gasteiger partial charge in [0.1, 0.15) is 6.04 Å². The Morgan fingerprint density at radius 3 is 2.30 bits per heavy atom. The minimum atomic E-state index is -3.70. The lowest BCUT2D eigenvalue weighted by molar-refractivity contribution is -0.117. The third-order valence-electron chi connectivity index (χ3n) is 4.39. The predicted octanol–water partition coefficient (Wildman–Crippen LogP) is 4.45. The van der Waals surface area contributed by atoms with Gasteiger partial charge in [0, 0.05) is 10.7 Å². The lowest BCUT2D eigenvalue weighted by Crippen LogP contribution is -2.47. The molecule has 0 aromatic heterocycles. The standard InChI is InChI=1S/C20H25ClN2O3S/c1-6-19(20(24)22-18-11-13(2)7-8-15(18)4)23(27(5,25)26)16-10-9-14(3)17(21)12-16/h7-12,19H,6H2,1-5H3,(H,22,24). The Labute approximate surface area is 166 Å². The van der Waals surface area contributed by atoms with Crippen molar-refractivity contribution in [3.63, 3.8) is 0 Å². The topological polar surface area (TPSA) is 66.5 Å². The molecule has 0 aliphatic carbocycles. The third-order valence-corrected chi connectivity index (χ3v) is 5.98. The largest absolute Gasteiger partial charge is 0.324 e. The first-order valence-electron chi connectivity index (χ1n) is 8.68. The molecule has 2 aromatic rings. The summed E-state index contributed by atoms with van der Waals surface area (Å²) in [5.41, 5.74) is 3.80. The number of benzene rings is 2. The van der Waals surface area contributed by atoms with Crippen LogP contribution in [-0.4, -0.2) is 26.6 Å². The average Bonchev–Trinajstić information content (AvgIpc) is 2.57. The molecule has 0 radical (unpaired) electrons. The molecule has 2 rings (SSSR count). The summed E-state index contributed by atoms with van der Waals surface area (Å²) in [5, 5.41) is 3.32. The molecule has 0 saturated heterocycles. The Bertz CT molecular complexity index is 958. The summed E-state index contributed by atoms with van der Waals surface area (Å²) in [4.78, 5) is 13.0. The second kappa shape index (κ2) is 8.31. The van der Waals surface area contributed by atoms with Crippen molar-refractivity contribution in [3.8, 4) is 0 Å². The summed E-state index contributed by atoms with van der Waals surface area (Å²) < 4.78 is 26.2. The molecule has 0 fully saturated rings. The van der Waals surface area contributed by atoms with Crippen molar-refractivity contribution in [2.45, 2.75) is 40.2 Å². The van der Waals surface area contributed by atoms with Crippen LogP contribution in [-0.2, 0) is 14.8 Å². The lowest BCUT2D eigenvalue weighted by atomic mass is 10.1. The fourth-order valence-corrected chi connectivity index (χ4v) is 4.24. The number of hydrogen-bond acceptors (Lipinski definition) is 3. The fourth-order valence-electron chi connectivity index (χ4n) is 2.87. The maximum atomic E-state index is 13.0. The zero-order chi connectivity index (χ0) is 20.4. The molecule has 1 atom stereocenters. The van der Waals surface area contributed by atoms with Crippen LogP contribution in [0.2, 0.25) is 5.02 Å². The van der Waals surface area contributed by atoms with Crippen LogP contribution in [0, 0.1) is 20.8 Å². The molecular weight excluding hydrogens is 384 g/mol. The number of carbonyl (C=O) groups excluding carboxylic acids is 1. The minimum absolute atomic E-state index is 0.315. The van der Waals surface area contributed by atoms with E-state index in [4.69, 9.17) is 11.6 Å². The van der Waals surface area contributed by atoms with E-state index in [1.54, 1.807) is 25.1 Å². The first kappa shape index (κ1) is 21.3. The summed E-state index contributed by atoms with van der Waals surface area (Å²) in [6, 6.07) is 9.83. The van der Waals surface area contributed by atoms with E-state index in [-0.39, 0.29) is 5.91 Å². The van der Waals surface area contributed by atoms with Gasteiger partial charge in [-0.15, -0.1) is 0 Å². The highest BCUT2D eigenvalue weighted by molar-refractivity contribution is 7.92. The fraction of sp³-hybridized carbons (Fsp3) is 0.350. The molecule has 0 saturated carbocycles. The van der Waals surface area contributed by atoms with Crippen LogP contribution in [0.1, 0.15) is 30.0 Å². The second-order valence-electron chi connectivity index (χ2n) is 6.72. The minimum Gasteiger partial charge on any atom is -0.324 e. The summed E-state index contributed by atoms with van der Waals surface area (Å²) in [5.74, 6) is -0.381. The maximum absolute atomic E-state index is 13.0. The van der Waals surface area contributed by atoms with Crippen LogP contribution in [0.5, 0.6) is 0 Å². The molecule has 0 spiro atoms. The van der Waals surface area contributed by atoms with E-state index in [0.29, 0.717) is 22.8 Å².